The van der Waals surface area contributed by atoms with Crippen LogP contribution in [0, 0.1) is 11.3 Å². The zero-order valence-electron chi connectivity index (χ0n) is 15.4. The van der Waals surface area contributed by atoms with Gasteiger partial charge in [-0.2, -0.15) is 0 Å². The van der Waals surface area contributed by atoms with E-state index in [2.05, 4.69) is 68.5 Å². The van der Waals surface area contributed by atoms with Crippen LogP contribution in [0.2, 0.25) is 0 Å². The first kappa shape index (κ1) is 18.2. The lowest BCUT2D eigenvalue weighted by molar-refractivity contribution is 0.0897. The van der Waals surface area contributed by atoms with E-state index >= 15 is 0 Å². The number of fused-ring (bicyclic) bond motifs is 1. The van der Waals surface area contributed by atoms with Gasteiger partial charge in [-0.25, -0.2) is 0 Å². The third kappa shape index (κ3) is 3.04. The summed E-state index contributed by atoms with van der Waals surface area (Å²) in [4.78, 5) is 2.43. The van der Waals surface area contributed by atoms with E-state index in [9.17, 15) is 5.11 Å². The van der Waals surface area contributed by atoms with Gasteiger partial charge in [0, 0.05) is 9.79 Å². The van der Waals surface area contributed by atoms with Crippen molar-refractivity contribution >= 4 is 23.5 Å². The Hall–Kier alpha value is -1.16. The molecule has 0 bridgehead atoms. The van der Waals surface area contributed by atoms with E-state index in [1.165, 1.54) is 28.2 Å². The molecule has 0 radical (unpaired) electrons. The van der Waals surface area contributed by atoms with Crippen molar-refractivity contribution in [3.63, 3.8) is 0 Å². The topological polar surface area (TPSA) is 20.2 Å². The molecule has 26 heavy (non-hydrogen) atoms. The van der Waals surface area contributed by atoms with Crippen molar-refractivity contribution in [3.8, 4) is 0 Å². The third-order valence-corrected chi connectivity index (χ3v) is 9.08. The third-order valence-electron chi connectivity index (χ3n) is 6.20. The highest BCUT2D eigenvalue weighted by Gasteiger charge is 2.62. The SMILES string of the molecule is CC=C1[C@](O)(C(Sc2ccccc2)Sc2ccccc2)C[C@H]2CC[C@]12C. The molecule has 2 aliphatic carbocycles. The van der Waals surface area contributed by atoms with Crippen molar-refractivity contribution < 1.29 is 5.11 Å². The summed E-state index contributed by atoms with van der Waals surface area (Å²) in [6.07, 6.45) is 5.53. The number of thioether (sulfide) groups is 2. The quantitative estimate of drug-likeness (QED) is 0.367. The van der Waals surface area contributed by atoms with Crippen molar-refractivity contribution in [1.29, 1.82) is 0 Å². The summed E-state index contributed by atoms with van der Waals surface area (Å²) in [5.74, 6) is 0.619. The summed E-state index contributed by atoms with van der Waals surface area (Å²) in [6, 6.07) is 21.0. The molecule has 0 spiro atoms. The number of benzene rings is 2. The molecule has 136 valence electrons. The second-order valence-corrected chi connectivity index (χ2v) is 10.3. The molecular formula is C23H26OS2. The largest absolute Gasteiger partial charge is 0.383 e. The van der Waals surface area contributed by atoms with E-state index in [-0.39, 0.29) is 10.00 Å². The summed E-state index contributed by atoms with van der Waals surface area (Å²) in [5.41, 5.74) is 0.695. The molecule has 1 nitrogen and oxygen atoms in total. The first-order valence-electron chi connectivity index (χ1n) is 9.39. The fraction of sp³-hybridized carbons (Fsp3) is 0.391. The predicted molar refractivity (Wildman–Crippen MR) is 113 cm³/mol. The van der Waals surface area contributed by atoms with Crippen LogP contribution in [0.1, 0.15) is 33.1 Å². The van der Waals surface area contributed by atoms with Gasteiger partial charge in [0.15, 0.2) is 0 Å². The molecule has 4 rings (SSSR count). The smallest absolute Gasteiger partial charge is 0.108 e. The Balaban J connectivity index is 1.70. The van der Waals surface area contributed by atoms with Gasteiger partial charge in [0.05, 0.1) is 4.58 Å². The lowest BCUT2D eigenvalue weighted by Gasteiger charge is -2.43. The molecule has 2 aromatic carbocycles. The first-order chi connectivity index (χ1) is 12.6. The summed E-state index contributed by atoms with van der Waals surface area (Å²) in [7, 11) is 0. The minimum Gasteiger partial charge on any atom is -0.383 e. The standard InChI is InChI=1S/C23H26OS2/c1-3-20-22(2)15-14-17(22)16-23(20,24)21(25-18-10-6-4-7-11-18)26-19-12-8-5-9-13-19/h3-13,17,21,24H,14-16H2,1-2H3/t17-,22+,23+/m1/s1. The van der Waals surface area contributed by atoms with Gasteiger partial charge >= 0.3 is 0 Å². The van der Waals surface area contributed by atoms with Gasteiger partial charge in [-0.3, -0.25) is 0 Å². The van der Waals surface area contributed by atoms with Crippen molar-refractivity contribution in [2.24, 2.45) is 11.3 Å². The van der Waals surface area contributed by atoms with Gasteiger partial charge in [0.25, 0.3) is 0 Å². The van der Waals surface area contributed by atoms with Gasteiger partial charge in [0.2, 0.25) is 0 Å². The summed E-state index contributed by atoms with van der Waals surface area (Å²) >= 11 is 3.60. The zero-order valence-corrected chi connectivity index (χ0v) is 17.0. The molecule has 0 unspecified atom stereocenters. The van der Waals surface area contributed by atoms with Crippen molar-refractivity contribution in [3.05, 3.63) is 72.3 Å². The monoisotopic (exact) mass is 382 g/mol. The van der Waals surface area contributed by atoms with Crippen LogP contribution in [0.3, 0.4) is 0 Å². The highest BCUT2D eigenvalue weighted by Crippen LogP contribution is 2.66. The molecule has 1 N–H and O–H groups in total. The van der Waals surface area contributed by atoms with Crippen LogP contribution < -0.4 is 0 Å². The molecule has 0 aromatic heterocycles. The van der Waals surface area contributed by atoms with Crippen molar-refractivity contribution in [2.75, 3.05) is 0 Å². The molecule has 3 atom stereocenters. The van der Waals surface area contributed by atoms with Crippen LogP contribution in [0.5, 0.6) is 0 Å². The Morgan fingerprint density at radius 1 is 1.00 bits per heavy atom. The number of rotatable bonds is 5. The Labute approximate surface area is 165 Å². The number of aliphatic hydroxyl groups is 1. The van der Waals surface area contributed by atoms with Gasteiger partial charge in [-0.05, 0) is 67.4 Å². The maximum absolute atomic E-state index is 12.0. The van der Waals surface area contributed by atoms with Crippen molar-refractivity contribution in [2.45, 2.75) is 53.1 Å². The summed E-state index contributed by atoms with van der Waals surface area (Å²) < 4.78 is 0.0425. The van der Waals surface area contributed by atoms with E-state index < -0.39 is 5.60 Å². The fourth-order valence-corrected chi connectivity index (χ4v) is 7.53. The van der Waals surface area contributed by atoms with Crippen LogP contribution in [-0.2, 0) is 0 Å². The molecule has 2 saturated carbocycles. The highest BCUT2D eigenvalue weighted by molar-refractivity contribution is 8.17. The van der Waals surface area contributed by atoms with E-state index in [1.54, 1.807) is 23.5 Å². The van der Waals surface area contributed by atoms with Crippen LogP contribution >= 0.6 is 23.5 Å². The molecule has 2 aliphatic rings. The zero-order chi connectivity index (χ0) is 18.2. The second-order valence-electron chi connectivity index (χ2n) is 7.68. The van der Waals surface area contributed by atoms with E-state index in [0.717, 1.165) is 6.42 Å². The van der Waals surface area contributed by atoms with Gasteiger partial charge in [-0.1, -0.05) is 49.4 Å². The first-order valence-corrected chi connectivity index (χ1v) is 11.2. The van der Waals surface area contributed by atoms with Gasteiger partial charge < -0.3 is 5.11 Å². The summed E-state index contributed by atoms with van der Waals surface area (Å²) in [6.45, 7) is 4.45. The highest BCUT2D eigenvalue weighted by atomic mass is 32.2. The minimum absolute atomic E-state index is 0.0425. The number of hydrogen-bond donors (Lipinski definition) is 1. The van der Waals surface area contributed by atoms with E-state index in [4.69, 9.17) is 0 Å². The van der Waals surface area contributed by atoms with Crippen LogP contribution in [0.25, 0.3) is 0 Å². The molecule has 2 aromatic rings. The maximum Gasteiger partial charge on any atom is 0.108 e. The molecule has 0 heterocycles. The average Bonchev–Trinajstić information content (AvgIpc) is 2.81. The Morgan fingerprint density at radius 3 is 1.96 bits per heavy atom. The van der Waals surface area contributed by atoms with Gasteiger partial charge in [-0.15, -0.1) is 23.5 Å². The maximum atomic E-state index is 12.0. The molecular weight excluding hydrogens is 356 g/mol. The van der Waals surface area contributed by atoms with Crippen LogP contribution in [-0.4, -0.2) is 15.3 Å². The normalized spacial score (nSPS) is 31.8. The van der Waals surface area contributed by atoms with Crippen molar-refractivity contribution in [1.82, 2.24) is 0 Å². The van der Waals surface area contributed by atoms with Crippen LogP contribution in [0.4, 0.5) is 0 Å². The molecule has 0 amide bonds. The summed E-state index contributed by atoms with van der Waals surface area (Å²) in [5, 5.41) is 12.0. The fourth-order valence-electron chi connectivity index (χ4n) is 4.71. The number of hydrogen-bond acceptors (Lipinski definition) is 3. The molecule has 0 saturated heterocycles. The lowest BCUT2D eigenvalue weighted by Crippen LogP contribution is -2.40. The Morgan fingerprint density at radius 2 is 1.54 bits per heavy atom. The van der Waals surface area contributed by atoms with E-state index in [1.807, 2.05) is 12.1 Å². The van der Waals surface area contributed by atoms with E-state index in [0.29, 0.717) is 5.92 Å². The van der Waals surface area contributed by atoms with Gasteiger partial charge in [0.1, 0.15) is 5.60 Å². The lowest BCUT2D eigenvalue weighted by atomic mass is 9.61. The molecule has 0 aliphatic heterocycles. The average molecular weight is 383 g/mol. The molecule has 2 fully saturated rings. The van der Waals surface area contributed by atoms with Crippen LogP contribution in [0.15, 0.2) is 82.1 Å². The second kappa shape index (κ2) is 7.10. The number of allylic oxidation sites excluding steroid dienone is 1. The molecule has 3 heteroatoms. The predicted octanol–water partition coefficient (Wildman–Crippen LogP) is 6.39. The Bertz CT molecular complexity index is 747. The Kier molecular flexibility index (Phi) is 4.98. The minimum atomic E-state index is -0.758.